The number of hydrogen-bond donors (Lipinski definition) is 1. The Bertz CT molecular complexity index is 1020. The van der Waals surface area contributed by atoms with Gasteiger partial charge in [0.1, 0.15) is 12.3 Å². The van der Waals surface area contributed by atoms with Gasteiger partial charge in [0.2, 0.25) is 15.9 Å². The number of hydrogen-bond acceptors (Lipinski definition) is 6. The van der Waals surface area contributed by atoms with E-state index in [2.05, 4.69) is 5.32 Å². The zero-order valence-corrected chi connectivity index (χ0v) is 19.6. The summed E-state index contributed by atoms with van der Waals surface area (Å²) in [6.07, 6.45) is 1.06. The second-order valence-electron chi connectivity index (χ2n) is 7.37. The lowest BCUT2D eigenvalue weighted by molar-refractivity contribution is -0.119. The van der Waals surface area contributed by atoms with Gasteiger partial charge in [-0.2, -0.15) is 0 Å². The van der Waals surface area contributed by atoms with Gasteiger partial charge < -0.3 is 19.5 Å². The number of nitrogens with one attached hydrogen (secondary N) is 1. The predicted molar refractivity (Wildman–Crippen MR) is 121 cm³/mol. The summed E-state index contributed by atoms with van der Waals surface area (Å²) in [6.45, 7) is 5.52. The number of ether oxygens (including phenoxy) is 3. The molecule has 0 aromatic heterocycles. The Balaban J connectivity index is 2.15. The molecule has 0 bridgehead atoms. The van der Waals surface area contributed by atoms with Crippen LogP contribution >= 0.6 is 0 Å². The Morgan fingerprint density at radius 1 is 1.03 bits per heavy atom. The zero-order valence-electron chi connectivity index (χ0n) is 18.8. The zero-order chi connectivity index (χ0) is 23.2. The highest BCUT2D eigenvalue weighted by Crippen LogP contribution is 2.31. The van der Waals surface area contributed by atoms with Gasteiger partial charge in [-0.05, 0) is 56.2 Å². The molecule has 0 fully saturated rings. The highest BCUT2D eigenvalue weighted by molar-refractivity contribution is 7.92. The second-order valence-corrected chi connectivity index (χ2v) is 9.28. The van der Waals surface area contributed by atoms with Crippen LogP contribution in [-0.4, -0.2) is 47.4 Å². The lowest BCUT2D eigenvalue weighted by atomic mass is 10.2. The van der Waals surface area contributed by atoms with E-state index in [1.54, 1.807) is 31.4 Å². The van der Waals surface area contributed by atoms with Gasteiger partial charge in [0.05, 0.1) is 32.3 Å². The third kappa shape index (κ3) is 6.78. The molecule has 0 atom stereocenters. The number of sulfonamides is 1. The van der Waals surface area contributed by atoms with Crippen molar-refractivity contribution in [3.05, 3.63) is 47.5 Å². The number of benzene rings is 2. The van der Waals surface area contributed by atoms with Crippen LogP contribution in [0.15, 0.2) is 36.4 Å². The molecule has 8 nitrogen and oxygen atoms in total. The van der Waals surface area contributed by atoms with Crippen molar-refractivity contribution in [3.63, 3.8) is 0 Å². The van der Waals surface area contributed by atoms with E-state index in [0.717, 1.165) is 21.7 Å². The summed E-state index contributed by atoms with van der Waals surface area (Å²) < 4.78 is 42.2. The SMILES string of the molecule is COc1cc(CNC(=O)CN(c2cc(C)ccc2OC)S(C)(=O)=O)ccc1OC(C)C. The molecular weight excluding hydrogens is 420 g/mol. The van der Waals surface area contributed by atoms with Crippen LogP contribution in [0.5, 0.6) is 17.2 Å². The predicted octanol–water partition coefficient (Wildman–Crippen LogP) is 2.88. The Hall–Kier alpha value is -2.94. The maximum absolute atomic E-state index is 12.6. The highest BCUT2D eigenvalue weighted by atomic mass is 32.2. The van der Waals surface area contributed by atoms with Crippen molar-refractivity contribution in [1.29, 1.82) is 0 Å². The van der Waals surface area contributed by atoms with Gasteiger partial charge in [-0.3, -0.25) is 9.10 Å². The van der Waals surface area contributed by atoms with E-state index in [-0.39, 0.29) is 19.2 Å². The fraction of sp³-hybridized carbons (Fsp3) is 0.409. The molecule has 0 radical (unpaired) electrons. The van der Waals surface area contributed by atoms with Crippen molar-refractivity contribution >= 4 is 21.6 Å². The fourth-order valence-corrected chi connectivity index (χ4v) is 3.79. The topological polar surface area (TPSA) is 94.2 Å². The Labute approximate surface area is 184 Å². The van der Waals surface area contributed by atoms with E-state index in [9.17, 15) is 13.2 Å². The van der Waals surface area contributed by atoms with Crippen molar-refractivity contribution < 1.29 is 27.4 Å². The molecule has 0 saturated heterocycles. The molecule has 31 heavy (non-hydrogen) atoms. The second kappa shape index (κ2) is 10.4. The molecule has 0 spiro atoms. The molecule has 0 unspecified atom stereocenters. The first kappa shape index (κ1) is 24.3. The van der Waals surface area contributed by atoms with Gasteiger partial charge in [0, 0.05) is 6.54 Å². The number of carbonyl (C=O) groups is 1. The van der Waals surface area contributed by atoms with Gasteiger partial charge in [0.15, 0.2) is 11.5 Å². The molecule has 1 amide bonds. The average molecular weight is 451 g/mol. The molecule has 0 aliphatic rings. The van der Waals surface area contributed by atoms with Crippen LogP contribution in [0.2, 0.25) is 0 Å². The maximum atomic E-state index is 12.6. The summed E-state index contributed by atoms with van der Waals surface area (Å²) in [5.74, 6) is 1.09. The van der Waals surface area contributed by atoms with Crippen LogP contribution < -0.4 is 23.8 Å². The summed E-state index contributed by atoms with van der Waals surface area (Å²) in [4.78, 5) is 12.6. The Kier molecular flexibility index (Phi) is 8.15. The number of methoxy groups -OCH3 is 2. The Morgan fingerprint density at radius 2 is 1.68 bits per heavy atom. The molecular formula is C22H30N2O6S. The minimum atomic E-state index is -3.72. The van der Waals surface area contributed by atoms with Crippen molar-refractivity contribution in [2.24, 2.45) is 0 Å². The van der Waals surface area contributed by atoms with Crippen molar-refractivity contribution in [1.82, 2.24) is 5.32 Å². The number of nitrogens with zero attached hydrogens (tertiary/aromatic N) is 1. The molecule has 1 N–H and O–H groups in total. The molecule has 0 saturated carbocycles. The number of anilines is 1. The Morgan fingerprint density at radius 3 is 2.26 bits per heavy atom. The van der Waals surface area contributed by atoms with E-state index < -0.39 is 15.9 Å². The quantitative estimate of drug-likeness (QED) is 0.598. The van der Waals surface area contributed by atoms with E-state index in [1.165, 1.54) is 7.11 Å². The number of rotatable bonds is 10. The molecule has 0 aliphatic heterocycles. The van der Waals surface area contributed by atoms with Gasteiger partial charge in [-0.15, -0.1) is 0 Å². The van der Waals surface area contributed by atoms with E-state index in [1.807, 2.05) is 32.9 Å². The lowest BCUT2D eigenvalue weighted by Gasteiger charge is -2.24. The van der Waals surface area contributed by atoms with Crippen molar-refractivity contribution in [2.45, 2.75) is 33.4 Å². The average Bonchev–Trinajstić information content (AvgIpc) is 2.70. The number of amides is 1. The third-order valence-corrected chi connectivity index (χ3v) is 5.50. The van der Waals surface area contributed by atoms with Crippen LogP contribution in [0.1, 0.15) is 25.0 Å². The maximum Gasteiger partial charge on any atom is 0.241 e. The minimum absolute atomic E-state index is 0.0000401. The molecule has 2 aromatic rings. The number of aryl methyl sites for hydroxylation is 1. The summed E-state index contributed by atoms with van der Waals surface area (Å²) in [7, 11) is -0.718. The lowest BCUT2D eigenvalue weighted by Crippen LogP contribution is -2.40. The largest absolute Gasteiger partial charge is 0.495 e. The monoisotopic (exact) mass is 450 g/mol. The summed E-state index contributed by atoms with van der Waals surface area (Å²) in [5, 5.41) is 2.75. The van der Waals surface area contributed by atoms with Crippen LogP contribution in [0.4, 0.5) is 5.69 Å². The van der Waals surface area contributed by atoms with Gasteiger partial charge in [-0.1, -0.05) is 12.1 Å². The van der Waals surface area contributed by atoms with Gasteiger partial charge >= 0.3 is 0 Å². The molecule has 9 heteroatoms. The third-order valence-electron chi connectivity index (χ3n) is 4.37. The summed E-state index contributed by atoms with van der Waals surface area (Å²) in [6, 6.07) is 10.5. The number of carbonyl (C=O) groups excluding carboxylic acids is 1. The summed E-state index contributed by atoms with van der Waals surface area (Å²) in [5.41, 5.74) is 1.96. The molecule has 2 aromatic carbocycles. The van der Waals surface area contributed by atoms with E-state index in [0.29, 0.717) is 22.9 Å². The van der Waals surface area contributed by atoms with Crippen molar-refractivity contribution in [2.75, 3.05) is 31.3 Å². The van der Waals surface area contributed by atoms with Gasteiger partial charge in [0.25, 0.3) is 0 Å². The minimum Gasteiger partial charge on any atom is -0.495 e. The summed E-state index contributed by atoms with van der Waals surface area (Å²) >= 11 is 0. The molecule has 170 valence electrons. The first-order valence-electron chi connectivity index (χ1n) is 9.77. The molecule has 0 aliphatic carbocycles. The van der Waals surface area contributed by atoms with Crippen molar-refractivity contribution in [3.8, 4) is 17.2 Å². The highest BCUT2D eigenvalue weighted by Gasteiger charge is 2.24. The molecule has 0 heterocycles. The first-order chi connectivity index (χ1) is 14.5. The van der Waals surface area contributed by atoms with E-state index in [4.69, 9.17) is 14.2 Å². The van der Waals surface area contributed by atoms with Crippen LogP contribution in [0.3, 0.4) is 0 Å². The normalized spacial score (nSPS) is 11.2. The molecule has 2 rings (SSSR count). The fourth-order valence-electron chi connectivity index (χ4n) is 2.94. The first-order valence-corrected chi connectivity index (χ1v) is 11.6. The van der Waals surface area contributed by atoms with E-state index >= 15 is 0 Å². The van der Waals surface area contributed by atoms with Crippen LogP contribution in [-0.2, 0) is 21.4 Å². The van der Waals surface area contributed by atoms with Crippen LogP contribution in [0, 0.1) is 6.92 Å². The smallest absolute Gasteiger partial charge is 0.241 e. The standard InChI is InChI=1S/C22H30N2O6S/c1-15(2)30-20-10-8-17(12-21(20)29-5)13-23-22(25)14-24(31(6,26)27)18-11-16(3)7-9-19(18)28-4/h7-12,15H,13-14H2,1-6H3,(H,23,25). The van der Waals surface area contributed by atoms with Crippen LogP contribution in [0.25, 0.3) is 0 Å². The van der Waals surface area contributed by atoms with Gasteiger partial charge in [-0.25, -0.2) is 8.42 Å².